The minimum absolute atomic E-state index is 0.257. The summed E-state index contributed by atoms with van der Waals surface area (Å²) in [4.78, 5) is 20.4. The van der Waals surface area contributed by atoms with Gasteiger partial charge >= 0.3 is 0 Å². The molecule has 2 aromatic carbocycles. The normalized spacial score (nSPS) is 11.3. The first-order valence-electron chi connectivity index (χ1n) is 10.3. The fraction of sp³-hybridized carbons (Fsp3) is 0.167. The molecule has 6 nitrogen and oxygen atoms in total. The van der Waals surface area contributed by atoms with Crippen molar-refractivity contribution in [3.05, 3.63) is 78.3 Å². The zero-order valence-corrected chi connectivity index (χ0v) is 17.1. The average Bonchev–Trinajstić information content (AvgIpc) is 3.28. The summed E-state index contributed by atoms with van der Waals surface area (Å²) in [5, 5.41) is 4.49. The lowest BCUT2D eigenvalue weighted by Crippen LogP contribution is -2.09. The van der Waals surface area contributed by atoms with E-state index in [9.17, 15) is 4.39 Å². The number of fused-ring (bicyclic) bond motifs is 2. The Morgan fingerprint density at radius 3 is 2.81 bits per heavy atom. The number of aromatic nitrogens is 5. The zero-order valence-electron chi connectivity index (χ0n) is 17.1. The minimum Gasteiger partial charge on any atom is -0.368 e. The Kier molecular flexibility index (Phi) is 5.00. The van der Waals surface area contributed by atoms with Gasteiger partial charge in [-0.2, -0.15) is 0 Å². The molecule has 0 aliphatic rings. The smallest absolute Gasteiger partial charge is 0.182 e. The number of aromatic amines is 1. The topological polar surface area (TPSA) is 79.4 Å². The van der Waals surface area contributed by atoms with Crippen LogP contribution in [0, 0.1) is 5.82 Å². The van der Waals surface area contributed by atoms with E-state index in [0.29, 0.717) is 18.0 Å². The van der Waals surface area contributed by atoms with Crippen LogP contribution in [0.25, 0.3) is 33.2 Å². The summed E-state index contributed by atoms with van der Waals surface area (Å²) in [5.41, 5.74) is 6.47. The fourth-order valence-corrected chi connectivity index (χ4v) is 4.05. The van der Waals surface area contributed by atoms with Gasteiger partial charge in [-0.3, -0.25) is 4.98 Å². The number of pyridine rings is 1. The first-order valence-corrected chi connectivity index (χ1v) is 10.3. The van der Waals surface area contributed by atoms with Crippen molar-refractivity contribution in [3.8, 4) is 11.1 Å². The molecule has 0 aliphatic heterocycles. The largest absolute Gasteiger partial charge is 0.368 e. The van der Waals surface area contributed by atoms with Gasteiger partial charge in [0, 0.05) is 23.7 Å². The van der Waals surface area contributed by atoms with E-state index in [2.05, 4.69) is 49.3 Å². The highest BCUT2D eigenvalue weighted by molar-refractivity contribution is 5.97. The van der Waals surface area contributed by atoms with Crippen LogP contribution in [0.4, 0.5) is 10.2 Å². The van der Waals surface area contributed by atoms with Gasteiger partial charge in [0.2, 0.25) is 0 Å². The summed E-state index contributed by atoms with van der Waals surface area (Å²) >= 11 is 0. The van der Waals surface area contributed by atoms with Gasteiger partial charge in [0.1, 0.15) is 17.7 Å². The highest BCUT2D eigenvalue weighted by Gasteiger charge is 2.15. The van der Waals surface area contributed by atoms with Crippen LogP contribution in [0.2, 0.25) is 0 Å². The average molecular weight is 412 g/mol. The molecule has 0 saturated carbocycles. The van der Waals surface area contributed by atoms with E-state index in [4.69, 9.17) is 0 Å². The molecule has 3 aromatic heterocycles. The molecule has 31 heavy (non-hydrogen) atoms. The van der Waals surface area contributed by atoms with Crippen LogP contribution in [-0.2, 0) is 12.8 Å². The van der Waals surface area contributed by atoms with Crippen LogP contribution in [0.15, 0.2) is 61.3 Å². The van der Waals surface area contributed by atoms with Crippen molar-refractivity contribution in [2.75, 3.05) is 11.9 Å². The molecule has 0 amide bonds. The second-order valence-electron chi connectivity index (χ2n) is 7.33. The van der Waals surface area contributed by atoms with E-state index in [1.54, 1.807) is 24.7 Å². The zero-order chi connectivity index (χ0) is 21.2. The Bertz CT molecular complexity index is 1380. The van der Waals surface area contributed by atoms with E-state index in [1.165, 1.54) is 18.0 Å². The Morgan fingerprint density at radius 1 is 1.00 bits per heavy atom. The van der Waals surface area contributed by atoms with Gasteiger partial charge in [0.25, 0.3) is 0 Å². The molecule has 0 unspecified atom stereocenters. The number of anilines is 1. The number of hydrogen-bond donors (Lipinski definition) is 2. The van der Waals surface area contributed by atoms with Crippen molar-refractivity contribution in [3.63, 3.8) is 0 Å². The summed E-state index contributed by atoms with van der Waals surface area (Å²) in [5.74, 6) is 0.456. The summed E-state index contributed by atoms with van der Waals surface area (Å²) in [6.07, 6.45) is 6.52. The molecule has 0 saturated heterocycles. The first-order chi connectivity index (χ1) is 15.2. The maximum absolute atomic E-state index is 14.1. The van der Waals surface area contributed by atoms with Crippen LogP contribution < -0.4 is 5.32 Å². The van der Waals surface area contributed by atoms with Gasteiger partial charge in [-0.15, -0.1) is 0 Å². The number of benzene rings is 2. The lowest BCUT2D eigenvalue weighted by molar-refractivity contribution is 0.628. The van der Waals surface area contributed by atoms with Gasteiger partial charge in [0.05, 0.1) is 11.8 Å². The highest BCUT2D eigenvalue weighted by atomic mass is 19.1. The maximum Gasteiger partial charge on any atom is 0.182 e. The third kappa shape index (κ3) is 3.59. The highest BCUT2D eigenvalue weighted by Crippen LogP contribution is 2.34. The molecule has 5 aromatic rings. The quantitative estimate of drug-likeness (QED) is 0.414. The number of halogens is 1. The Morgan fingerprint density at radius 2 is 1.94 bits per heavy atom. The number of hydrogen-bond acceptors (Lipinski definition) is 5. The van der Waals surface area contributed by atoms with Crippen molar-refractivity contribution in [2.24, 2.45) is 0 Å². The van der Waals surface area contributed by atoms with Crippen molar-refractivity contribution in [1.29, 1.82) is 0 Å². The van der Waals surface area contributed by atoms with Crippen molar-refractivity contribution in [1.82, 2.24) is 24.9 Å². The van der Waals surface area contributed by atoms with Crippen molar-refractivity contribution >= 4 is 27.9 Å². The number of aryl methyl sites for hydroxylation is 1. The van der Waals surface area contributed by atoms with Crippen LogP contribution in [-0.4, -0.2) is 31.5 Å². The number of H-pyrrole nitrogens is 1. The Balaban J connectivity index is 1.55. The minimum atomic E-state index is -0.257. The lowest BCUT2D eigenvalue weighted by atomic mass is 9.91. The molecule has 0 fully saturated rings. The Labute approximate surface area is 178 Å². The van der Waals surface area contributed by atoms with Crippen LogP contribution in [0.5, 0.6) is 0 Å². The second-order valence-corrected chi connectivity index (χ2v) is 7.33. The van der Waals surface area contributed by atoms with Crippen molar-refractivity contribution < 1.29 is 4.39 Å². The third-order valence-electron chi connectivity index (χ3n) is 5.46. The molecule has 0 radical (unpaired) electrons. The molecular weight excluding hydrogens is 391 g/mol. The van der Waals surface area contributed by atoms with E-state index >= 15 is 0 Å². The molecule has 0 aliphatic carbocycles. The number of rotatable bonds is 6. The number of nitrogens with one attached hydrogen (secondary N) is 2. The fourth-order valence-electron chi connectivity index (χ4n) is 4.05. The maximum atomic E-state index is 14.1. The Hall–Kier alpha value is -3.87. The van der Waals surface area contributed by atoms with Gasteiger partial charge in [-0.1, -0.05) is 31.2 Å². The summed E-state index contributed by atoms with van der Waals surface area (Å²) in [7, 11) is 0. The predicted molar refractivity (Wildman–Crippen MR) is 120 cm³/mol. The van der Waals surface area contributed by atoms with E-state index in [1.807, 2.05) is 12.1 Å². The molecular formula is C24H21FN6. The SMILES string of the molecule is CCc1cc(CCNc2ncnc3nc[nH]c23)c(-c2cccc(F)c2)c2ncccc12. The summed E-state index contributed by atoms with van der Waals surface area (Å²) in [6, 6.07) is 13.0. The summed E-state index contributed by atoms with van der Waals surface area (Å²) in [6.45, 7) is 2.79. The molecule has 7 heteroatoms. The van der Waals surface area contributed by atoms with Gasteiger partial charge in [-0.25, -0.2) is 19.3 Å². The third-order valence-corrected chi connectivity index (χ3v) is 5.46. The van der Waals surface area contributed by atoms with Gasteiger partial charge in [0.15, 0.2) is 11.5 Å². The van der Waals surface area contributed by atoms with E-state index < -0.39 is 0 Å². The van der Waals surface area contributed by atoms with E-state index in [0.717, 1.165) is 46.0 Å². The van der Waals surface area contributed by atoms with Crippen molar-refractivity contribution in [2.45, 2.75) is 19.8 Å². The molecule has 5 rings (SSSR count). The summed E-state index contributed by atoms with van der Waals surface area (Å²) < 4.78 is 14.1. The van der Waals surface area contributed by atoms with Crippen LogP contribution >= 0.6 is 0 Å². The van der Waals surface area contributed by atoms with Crippen LogP contribution in [0.1, 0.15) is 18.1 Å². The van der Waals surface area contributed by atoms with E-state index in [-0.39, 0.29) is 5.82 Å². The monoisotopic (exact) mass is 412 g/mol. The number of imidazole rings is 1. The molecule has 0 bridgehead atoms. The first kappa shape index (κ1) is 19.1. The molecule has 2 N–H and O–H groups in total. The molecule has 0 atom stereocenters. The lowest BCUT2D eigenvalue weighted by Gasteiger charge is -2.16. The number of nitrogens with zero attached hydrogens (tertiary/aromatic N) is 4. The van der Waals surface area contributed by atoms with Gasteiger partial charge < -0.3 is 10.3 Å². The molecule has 0 spiro atoms. The molecule has 154 valence electrons. The second kappa shape index (κ2) is 8.10. The predicted octanol–water partition coefficient (Wildman–Crippen LogP) is 4.92. The van der Waals surface area contributed by atoms with Crippen LogP contribution in [0.3, 0.4) is 0 Å². The van der Waals surface area contributed by atoms with Gasteiger partial charge in [-0.05, 0) is 47.7 Å². The molecule has 3 heterocycles. The standard InChI is InChI=1S/C24H21FN6/c1-2-15-11-17(8-10-27-23-22-24(29-13-28-22)31-14-30-23)20(16-5-3-6-18(25)12-16)21-19(15)7-4-9-26-21/h3-7,9,11-14H,2,8,10H2,1H3,(H2,27,28,29,30,31).